The molecule has 0 amide bonds. The standard InChI is InChI=1S/C16H22N2O2S2/c1-5-6-7-8-20-16(19)12(4)22-15-13-10(2)11(3)21-14(13)17-9-18-15/h9,12H,5-8H2,1-4H3. The summed E-state index contributed by atoms with van der Waals surface area (Å²) in [4.78, 5) is 23.0. The average Bonchev–Trinajstić information content (AvgIpc) is 2.79. The Bertz CT molecular complexity index is 655. The number of carbonyl (C=O) groups is 1. The van der Waals surface area contributed by atoms with Crippen LogP contribution in [0.4, 0.5) is 0 Å². The first kappa shape index (κ1) is 17.2. The van der Waals surface area contributed by atoms with Crippen LogP contribution in [-0.2, 0) is 9.53 Å². The summed E-state index contributed by atoms with van der Waals surface area (Å²) in [6.07, 6.45) is 4.71. The molecule has 22 heavy (non-hydrogen) atoms. The number of rotatable bonds is 7. The lowest BCUT2D eigenvalue weighted by Crippen LogP contribution is -2.17. The number of unbranched alkanes of at least 4 members (excludes halogenated alkanes) is 2. The van der Waals surface area contributed by atoms with Gasteiger partial charge in [0.05, 0.1) is 6.61 Å². The Morgan fingerprint density at radius 2 is 2.14 bits per heavy atom. The highest BCUT2D eigenvalue weighted by molar-refractivity contribution is 8.00. The van der Waals surface area contributed by atoms with Gasteiger partial charge in [-0.05, 0) is 32.8 Å². The van der Waals surface area contributed by atoms with E-state index in [-0.39, 0.29) is 11.2 Å². The number of carbonyl (C=O) groups excluding carboxylic acids is 1. The second-order valence-corrected chi connectivity index (χ2v) is 7.81. The molecule has 0 fully saturated rings. The SMILES string of the molecule is CCCCCOC(=O)C(C)Sc1ncnc2sc(C)c(C)c12. The van der Waals surface area contributed by atoms with E-state index in [0.29, 0.717) is 6.61 Å². The highest BCUT2D eigenvalue weighted by atomic mass is 32.2. The van der Waals surface area contributed by atoms with Gasteiger partial charge in [0, 0.05) is 10.3 Å². The van der Waals surface area contributed by atoms with Crippen molar-refractivity contribution in [3.63, 3.8) is 0 Å². The Morgan fingerprint density at radius 3 is 2.86 bits per heavy atom. The van der Waals surface area contributed by atoms with Gasteiger partial charge in [-0.2, -0.15) is 0 Å². The minimum Gasteiger partial charge on any atom is -0.465 e. The predicted octanol–water partition coefficient (Wildman–Crippen LogP) is 4.52. The molecule has 2 rings (SSSR count). The van der Waals surface area contributed by atoms with Gasteiger partial charge < -0.3 is 4.74 Å². The van der Waals surface area contributed by atoms with E-state index in [4.69, 9.17) is 4.74 Å². The van der Waals surface area contributed by atoms with Crippen LogP contribution in [0.1, 0.15) is 43.6 Å². The van der Waals surface area contributed by atoms with Crippen molar-refractivity contribution < 1.29 is 9.53 Å². The number of thioether (sulfide) groups is 1. The van der Waals surface area contributed by atoms with Crippen molar-refractivity contribution in [2.45, 2.75) is 57.2 Å². The number of hydrogen-bond acceptors (Lipinski definition) is 6. The molecule has 0 bridgehead atoms. The summed E-state index contributed by atoms with van der Waals surface area (Å²) >= 11 is 3.12. The highest BCUT2D eigenvalue weighted by Gasteiger charge is 2.20. The Hall–Kier alpha value is -1.14. The highest BCUT2D eigenvalue weighted by Crippen LogP contribution is 2.36. The molecular weight excluding hydrogens is 316 g/mol. The van der Waals surface area contributed by atoms with Crippen LogP contribution in [-0.4, -0.2) is 27.8 Å². The zero-order chi connectivity index (χ0) is 16.1. The van der Waals surface area contributed by atoms with Crippen molar-refractivity contribution in [2.24, 2.45) is 0 Å². The third-order valence-corrected chi connectivity index (χ3v) is 5.74. The lowest BCUT2D eigenvalue weighted by molar-refractivity contribution is -0.142. The van der Waals surface area contributed by atoms with E-state index in [2.05, 4.69) is 30.7 Å². The summed E-state index contributed by atoms with van der Waals surface area (Å²) in [6.45, 7) is 8.67. The number of nitrogens with zero attached hydrogens (tertiary/aromatic N) is 2. The quantitative estimate of drug-likeness (QED) is 0.321. The van der Waals surface area contributed by atoms with Crippen molar-refractivity contribution in [3.8, 4) is 0 Å². The molecule has 0 radical (unpaired) electrons. The lowest BCUT2D eigenvalue weighted by atomic mass is 10.2. The minimum absolute atomic E-state index is 0.169. The molecule has 6 heteroatoms. The van der Waals surface area contributed by atoms with Gasteiger partial charge >= 0.3 is 5.97 Å². The number of esters is 1. The van der Waals surface area contributed by atoms with Crippen molar-refractivity contribution in [3.05, 3.63) is 16.8 Å². The molecule has 0 aliphatic carbocycles. The fraction of sp³-hybridized carbons (Fsp3) is 0.562. The van der Waals surface area contributed by atoms with E-state index in [0.717, 1.165) is 34.5 Å². The maximum absolute atomic E-state index is 12.1. The topological polar surface area (TPSA) is 52.1 Å². The van der Waals surface area contributed by atoms with Crippen LogP contribution in [0, 0.1) is 13.8 Å². The van der Waals surface area contributed by atoms with Gasteiger partial charge in [-0.15, -0.1) is 11.3 Å². The predicted molar refractivity (Wildman–Crippen MR) is 92.7 cm³/mol. The molecule has 1 atom stereocenters. The summed E-state index contributed by atoms with van der Waals surface area (Å²) in [5.74, 6) is -0.169. The summed E-state index contributed by atoms with van der Waals surface area (Å²) in [5.41, 5.74) is 1.20. The van der Waals surface area contributed by atoms with Crippen LogP contribution in [0.25, 0.3) is 10.2 Å². The average molecular weight is 338 g/mol. The molecule has 0 aliphatic heterocycles. The largest absolute Gasteiger partial charge is 0.465 e. The van der Waals surface area contributed by atoms with E-state index in [1.165, 1.54) is 22.2 Å². The number of thiophene rings is 1. The van der Waals surface area contributed by atoms with Crippen LogP contribution in [0.15, 0.2) is 11.4 Å². The number of hydrogen-bond donors (Lipinski definition) is 0. The van der Waals surface area contributed by atoms with Crippen molar-refractivity contribution in [2.75, 3.05) is 6.61 Å². The maximum Gasteiger partial charge on any atom is 0.319 e. The Morgan fingerprint density at radius 1 is 1.36 bits per heavy atom. The van der Waals surface area contributed by atoms with Crippen LogP contribution in [0.3, 0.4) is 0 Å². The van der Waals surface area contributed by atoms with Crippen LogP contribution >= 0.6 is 23.1 Å². The zero-order valence-corrected chi connectivity index (χ0v) is 15.1. The molecule has 0 spiro atoms. The van der Waals surface area contributed by atoms with E-state index in [1.54, 1.807) is 17.7 Å². The molecule has 120 valence electrons. The van der Waals surface area contributed by atoms with Gasteiger partial charge in [0.2, 0.25) is 0 Å². The molecule has 4 nitrogen and oxygen atoms in total. The molecule has 2 aromatic heterocycles. The van der Waals surface area contributed by atoms with Crippen molar-refractivity contribution >= 4 is 39.3 Å². The molecule has 0 saturated heterocycles. The number of aryl methyl sites for hydroxylation is 2. The molecule has 0 N–H and O–H groups in total. The lowest BCUT2D eigenvalue weighted by Gasteiger charge is -2.11. The van der Waals surface area contributed by atoms with E-state index < -0.39 is 0 Å². The first-order chi connectivity index (χ1) is 10.5. The number of ether oxygens (including phenoxy) is 1. The van der Waals surface area contributed by atoms with Gasteiger partial charge in [0.15, 0.2) is 0 Å². The van der Waals surface area contributed by atoms with E-state index in [9.17, 15) is 4.79 Å². The summed E-state index contributed by atoms with van der Waals surface area (Å²) in [6, 6.07) is 0. The van der Waals surface area contributed by atoms with Crippen LogP contribution in [0.5, 0.6) is 0 Å². The zero-order valence-electron chi connectivity index (χ0n) is 13.5. The number of fused-ring (bicyclic) bond motifs is 1. The summed E-state index contributed by atoms with van der Waals surface area (Å²) < 4.78 is 5.33. The van der Waals surface area contributed by atoms with Gasteiger partial charge in [-0.25, -0.2) is 9.97 Å². The molecule has 0 aromatic carbocycles. The Labute approximate surface area is 139 Å². The molecule has 1 unspecified atom stereocenters. The van der Waals surface area contributed by atoms with Crippen molar-refractivity contribution in [1.82, 2.24) is 9.97 Å². The molecule has 2 heterocycles. The van der Waals surface area contributed by atoms with Gasteiger partial charge in [-0.1, -0.05) is 31.5 Å². The van der Waals surface area contributed by atoms with Crippen LogP contribution in [0.2, 0.25) is 0 Å². The third kappa shape index (κ3) is 3.98. The Balaban J connectivity index is 2.05. The third-order valence-electron chi connectivity index (χ3n) is 3.54. The maximum atomic E-state index is 12.1. The molecular formula is C16H22N2O2S2. The van der Waals surface area contributed by atoms with Crippen molar-refractivity contribution in [1.29, 1.82) is 0 Å². The summed E-state index contributed by atoms with van der Waals surface area (Å²) in [5, 5.41) is 1.67. The molecule has 2 aromatic rings. The molecule has 0 aliphatic rings. The fourth-order valence-corrected chi connectivity index (χ4v) is 4.13. The minimum atomic E-state index is -0.265. The van der Waals surface area contributed by atoms with Gasteiger partial charge in [-0.3, -0.25) is 4.79 Å². The first-order valence-corrected chi connectivity index (χ1v) is 9.28. The van der Waals surface area contributed by atoms with E-state index >= 15 is 0 Å². The normalized spacial score (nSPS) is 12.5. The second kappa shape index (κ2) is 7.92. The first-order valence-electron chi connectivity index (χ1n) is 7.58. The van der Waals surface area contributed by atoms with Gasteiger partial charge in [0.1, 0.15) is 21.4 Å². The number of aromatic nitrogens is 2. The second-order valence-electron chi connectivity index (χ2n) is 5.28. The van der Waals surface area contributed by atoms with E-state index in [1.807, 2.05) is 6.92 Å². The fourth-order valence-electron chi connectivity index (χ4n) is 2.10. The smallest absolute Gasteiger partial charge is 0.319 e. The monoisotopic (exact) mass is 338 g/mol. The van der Waals surface area contributed by atoms with Crippen LogP contribution < -0.4 is 0 Å². The Kier molecular flexibility index (Phi) is 6.20. The summed E-state index contributed by atoms with van der Waals surface area (Å²) in [7, 11) is 0. The molecule has 0 saturated carbocycles. The van der Waals surface area contributed by atoms with Gasteiger partial charge in [0.25, 0.3) is 0 Å².